The topological polar surface area (TPSA) is 77.1 Å². The molecular weight excluding hydrogens is 420 g/mol. The van der Waals surface area contributed by atoms with Gasteiger partial charge in [0.1, 0.15) is 23.3 Å². The summed E-state index contributed by atoms with van der Waals surface area (Å²) in [6.07, 6.45) is 0.470. The van der Waals surface area contributed by atoms with Gasteiger partial charge in [0, 0.05) is 36.3 Å². The van der Waals surface area contributed by atoms with Crippen molar-refractivity contribution in [2.45, 2.75) is 32.9 Å². The SMILES string of the molecule is CCNC(=O)[C@@H](CC)N(Cc1ccc(Cl)cc1)C(=O)COc1cc(OC)cc(OC)c1. The van der Waals surface area contributed by atoms with Crippen LogP contribution in [0.4, 0.5) is 0 Å². The van der Waals surface area contributed by atoms with Crippen molar-refractivity contribution in [1.82, 2.24) is 10.2 Å². The number of halogens is 1. The molecule has 168 valence electrons. The Kier molecular flexibility index (Phi) is 9.46. The van der Waals surface area contributed by atoms with Crippen LogP contribution < -0.4 is 19.5 Å². The summed E-state index contributed by atoms with van der Waals surface area (Å²) in [5.41, 5.74) is 0.864. The highest BCUT2D eigenvalue weighted by molar-refractivity contribution is 6.30. The van der Waals surface area contributed by atoms with Crippen molar-refractivity contribution in [2.24, 2.45) is 0 Å². The standard InChI is InChI=1S/C23H29ClN2O5/c1-5-21(23(28)25-6-2)26(14-16-7-9-17(24)10-8-16)22(27)15-31-20-12-18(29-3)11-19(13-20)30-4/h7-13,21H,5-6,14-15H2,1-4H3,(H,25,28)/t21-/m1/s1. The number of carbonyl (C=O) groups excluding carboxylic acids is 2. The molecule has 2 aromatic carbocycles. The fourth-order valence-corrected chi connectivity index (χ4v) is 3.22. The zero-order valence-corrected chi connectivity index (χ0v) is 19.1. The van der Waals surface area contributed by atoms with Crippen LogP contribution in [0.5, 0.6) is 17.2 Å². The number of nitrogens with one attached hydrogen (secondary N) is 1. The van der Waals surface area contributed by atoms with Crippen LogP contribution in [0.2, 0.25) is 5.02 Å². The highest BCUT2D eigenvalue weighted by Gasteiger charge is 2.28. The van der Waals surface area contributed by atoms with Crippen molar-refractivity contribution >= 4 is 23.4 Å². The van der Waals surface area contributed by atoms with Crippen LogP contribution in [0.1, 0.15) is 25.8 Å². The Labute approximate surface area is 188 Å². The molecule has 8 heteroatoms. The van der Waals surface area contributed by atoms with Gasteiger partial charge in [0.25, 0.3) is 5.91 Å². The summed E-state index contributed by atoms with van der Waals surface area (Å²) in [7, 11) is 3.07. The van der Waals surface area contributed by atoms with Gasteiger partial charge in [-0.15, -0.1) is 0 Å². The molecule has 7 nitrogen and oxygen atoms in total. The minimum Gasteiger partial charge on any atom is -0.496 e. The Morgan fingerprint density at radius 1 is 1.00 bits per heavy atom. The molecule has 0 spiro atoms. The molecule has 0 saturated carbocycles. The van der Waals surface area contributed by atoms with E-state index >= 15 is 0 Å². The van der Waals surface area contributed by atoms with Crippen molar-refractivity contribution in [2.75, 3.05) is 27.4 Å². The number of rotatable bonds is 11. The highest BCUT2D eigenvalue weighted by atomic mass is 35.5. The van der Waals surface area contributed by atoms with Gasteiger partial charge in [0.2, 0.25) is 5.91 Å². The van der Waals surface area contributed by atoms with Crippen LogP contribution in [0.3, 0.4) is 0 Å². The van der Waals surface area contributed by atoms with E-state index in [1.807, 2.05) is 26.0 Å². The van der Waals surface area contributed by atoms with Gasteiger partial charge < -0.3 is 24.4 Å². The lowest BCUT2D eigenvalue weighted by atomic mass is 10.1. The summed E-state index contributed by atoms with van der Waals surface area (Å²) in [5, 5.41) is 3.41. The van der Waals surface area contributed by atoms with E-state index in [-0.39, 0.29) is 25.0 Å². The van der Waals surface area contributed by atoms with Crippen LogP contribution in [-0.4, -0.2) is 50.1 Å². The van der Waals surface area contributed by atoms with Crippen LogP contribution in [0.25, 0.3) is 0 Å². The minimum absolute atomic E-state index is 0.199. The van der Waals surface area contributed by atoms with E-state index in [4.69, 9.17) is 25.8 Å². The number of methoxy groups -OCH3 is 2. The first-order valence-corrected chi connectivity index (χ1v) is 10.5. The monoisotopic (exact) mass is 448 g/mol. The summed E-state index contributed by atoms with van der Waals surface area (Å²) in [6, 6.07) is 11.6. The van der Waals surface area contributed by atoms with E-state index in [0.29, 0.717) is 35.2 Å². The summed E-state index contributed by atoms with van der Waals surface area (Å²) < 4.78 is 16.2. The van der Waals surface area contributed by atoms with Crippen molar-refractivity contribution < 1.29 is 23.8 Å². The van der Waals surface area contributed by atoms with Gasteiger partial charge >= 0.3 is 0 Å². The number of likely N-dealkylation sites (N-methyl/N-ethyl adjacent to an activating group) is 1. The van der Waals surface area contributed by atoms with Crippen molar-refractivity contribution in [3.05, 3.63) is 53.1 Å². The van der Waals surface area contributed by atoms with Gasteiger partial charge in [-0.3, -0.25) is 9.59 Å². The largest absolute Gasteiger partial charge is 0.496 e. The molecule has 0 saturated heterocycles. The van der Waals surface area contributed by atoms with Crippen molar-refractivity contribution in [1.29, 1.82) is 0 Å². The average Bonchev–Trinajstić information content (AvgIpc) is 2.78. The Balaban J connectivity index is 2.22. The van der Waals surface area contributed by atoms with E-state index in [2.05, 4.69) is 5.32 Å². The number of nitrogens with zero attached hydrogens (tertiary/aromatic N) is 1. The molecule has 2 aromatic rings. The van der Waals surface area contributed by atoms with Crippen LogP contribution in [0, 0.1) is 0 Å². The molecule has 0 aliphatic heterocycles. The summed E-state index contributed by atoms with van der Waals surface area (Å²) >= 11 is 5.97. The first-order chi connectivity index (χ1) is 14.9. The normalized spacial score (nSPS) is 11.4. The van der Waals surface area contributed by atoms with E-state index < -0.39 is 6.04 Å². The van der Waals surface area contributed by atoms with Gasteiger partial charge in [0.05, 0.1) is 14.2 Å². The Bertz CT molecular complexity index is 851. The zero-order valence-electron chi connectivity index (χ0n) is 18.3. The van der Waals surface area contributed by atoms with Crippen LogP contribution >= 0.6 is 11.6 Å². The maximum Gasteiger partial charge on any atom is 0.261 e. The molecular formula is C23H29ClN2O5. The molecule has 1 atom stereocenters. The van der Waals surface area contributed by atoms with E-state index in [0.717, 1.165) is 5.56 Å². The smallest absolute Gasteiger partial charge is 0.261 e. The third kappa shape index (κ3) is 7.07. The fraction of sp³-hybridized carbons (Fsp3) is 0.391. The molecule has 0 unspecified atom stereocenters. The minimum atomic E-state index is -0.619. The lowest BCUT2D eigenvalue weighted by molar-refractivity contribution is -0.142. The van der Waals surface area contributed by atoms with E-state index in [9.17, 15) is 9.59 Å². The van der Waals surface area contributed by atoms with E-state index in [1.54, 1.807) is 30.3 Å². The Morgan fingerprint density at radius 2 is 1.58 bits per heavy atom. The third-order valence-corrected chi connectivity index (χ3v) is 4.94. The summed E-state index contributed by atoms with van der Waals surface area (Å²) in [6.45, 7) is 4.22. The zero-order chi connectivity index (χ0) is 22.8. The van der Waals surface area contributed by atoms with Crippen molar-refractivity contribution in [3.8, 4) is 17.2 Å². The molecule has 2 rings (SSSR count). The highest BCUT2D eigenvalue weighted by Crippen LogP contribution is 2.27. The van der Waals surface area contributed by atoms with Gasteiger partial charge in [-0.25, -0.2) is 0 Å². The predicted octanol–water partition coefficient (Wildman–Crippen LogP) is 3.68. The van der Waals surface area contributed by atoms with E-state index in [1.165, 1.54) is 19.1 Å². The van der Waals surface area contributed by atoms with Gasteiger partial charge in [-0.05, 0) is 31.0 Å². The number of ether oxygens (including phenoxy) is 3. The molecule has 0 fully saturated rings. The Morgan fingerprint density at radius 3 is 2.10 bits per heavy atom. The van der Waals surface area contributed by atoms with Gasteiger partial charge in [-0.2, -0.15) is 0 Å². The lowest BCUT2D eigenvalue weighted by Crippen LogP contribution is -2.50. The number of amides is 2. The molecule has 31 heavy (non-hydrogen) atoms. The maximum atomic E-state index is 13.1. The molecule has 0 aliphatic carbocycles. The average molecular weight is 449 g/mol. The number of hydrogen-bond acceptors (Lipinski definition) is 5. The lowest BCUT2D eigenvalue weighted by Gasteiger charge is -2.30. The van der Waals surface area contributed by atoms with Gasteiger partial charge in [0.15, 0.2) is 6.61 Å². The first-order valence-electron chi connectivity index (χ1n) is 10.1. The summed E-state index contributed by atoms with van der Waals surface area (Å²) in [5.74, 6) is 1.02. The molecule has 1 N–H and O–H groups in total. The molecule has 0 aromatic heterocycles. The number of carbonyl (C=O) groups is 2. The number of hydrogen-bond donors (Lipinski definition) is 1. The fourth-order valence-electron chi connectivity index (χ4n) is 3.09. The van der Waals surface area contributed by atoms with Gasteiger partial charge in [-0.1, -0.05) is 30.7 Å². The second-order valence-electron chi connectivity index (χ2n) is 6.80. The Hall–Kier alpha value is -2.93. The summed E-state index contributed by atoms with van der Waals surface area (Å²) in [4.78, 5) is 27.3. The van der Waals surface area contributed by atoms with Crippen LogP contribution in [0.15, 0.2) is 42.5 Å². The maximum absolute atomic E-state index is 13.1. The quantitative estimate of drug-likeness (QED) is 0.567. The molecule has 0 heterocycles. The second kappa shape index (κ2) is 12.1. The predicted molar refractivity (Wildman–Crippen MR) is 120 cm³/mol. The first kappa shape index (κ1) is 24.3. The third-order valence-electron chi connectivity index (χ3n) is 4.69. The molecule has 0 bridgehead atoms. The van der Waals surface area contributed by atoms with Crippen molar-refractivity contribution in [3.63, 3.8) is 0 Å². The second-order valence-corrected chi connectivity index (χ2v) is 7.24. The number of benzene rings is 2. The van der Waals surface area contributed by atoms with Crippen LogP contribution in [-0.2, 0) is 16.1 Å². The molecule has 2 amide bonds. The molecule has 0 radical (unpaired) electrons. The molecule has 0 aliphatic rings.